The van der Waals surface area contributed by atoms with Gasteiger partial charge in [0.25, 0.3) is 0 Å². The van der Waals surface area contributed by atoms with Crippen molar-refractivity contribution in [2.45, 2.75) is 32.1 Å². The fourth-order valence-corrected chi connectivity index (χ4v) is 4.62. The minimum Gasteiger partial charge on any atom is -0.492 e. The summed E-state index contributed by atoms with van der Waals surface area (Å²) < 4.78 is 1.74. The number of allylic oxidation sites excluding steroid dienone is 1. The molecule has 1 aliphatic heterocycles. The number of carbonyl (C=O) groups is 1. The molecule has 4 rings (SSSR count). The van der Waals surface area contributed by atoms with Crippen LogP contribution in [0.15, 0.2) is 29.3 Å². The fourth-order valence-electron chi connectivity index (χ4n) is 3.44. The summed E-state index contributed by atoms with van der Waals surface area (Å²) in [5.41, 5.74) is 5.63. The number of aromatic hydroxyl groups is 1. The van der Waals surface area contributed by atoms with E-state index in [1.54, 1.807) is 6.21 Å². The number of nitrogens with one attached hydrogen (secondary N) is 1. The molecule has 1 aliphatic carbocycles. The van der Waals surface area contributed by atoms with Gasteiger partial charge in [0.15, 0.2) is 3.95 Å². The lowest BCUT2D eigenvalue weighted by atomic mass is 9.89. The highest BCUT2D eigenvalue weighted by molar-refractivity contribution is 7.73. The van der Waals surface area contributed by atoms with Crippen molar-refractivity contribution in [1.82, 2.24) is 4.68 Å². The van der Waals surface area contributed by atoms with Crippen LogP contribution < -0.4 is 5.43 Å². The lowest BCUT2D eigenvalue weighted by molar-refractivity contribution is -0.121. The summed E-state index contributed by atoms with van der Waals surface area (Å²) >= 11 is 6.61. The summed E-state index contributed by atoms with van der Waals surface area (Å²) in [5, 5.41) is 10.6. The Labute approximate surface area is 160 Å². The molecule has 2 aliphatic rings. The van der Waals surface area contributed by atoms with E-state index in [2.05, 4.69) is 10.4 Å². The normalized spacial score (nSPS) is 18.2. The second kappa shape index (κ2) is 7.17. The van der Waals surface area contributed by atoms with Crippen molar-refractivity contribution in [2.75, 3.05) is 5.43 Å². The van der Waals surface area contributed by atoms with Crippen LogP contribution in [0.2, 0.25) is 0 Å². The van der Waals surface area contributed by atoms with Crippen molar-refractivity contribution < 1.29 is 9.90 Å². The molecule has 2 heterocycles. The summed E-state index contributed by atoms with van der Waals surface area (Å²) in [6.45, 7) is 0. The van der Waals surface area contributed by atoms with Gasteiger partial charge in [-0.1, -0.05) is 48.8 Å². The van der Waals surface area contributed by atoms with Crippen LogP contribution >= 0.6 is 23.6 Å². The molecule has 1 fully saturated rings. The molecule has 0 unspecified atom stereocenters. The van der Waals surface area contributed by atoms with Crippen molar-refractivity contribution >= 4 is 53.0 Å². The monoisotopic (exact) mass is 385 g/mol. The number of carbonyl (C=O) groups excluding carboxylic acids is 1. The molecule has 134 valence electrons. The number of aliphatic imine (C=N–C) groups is 1. The van der Waals surface area contributed by atoms with Gasteiger partial charge in [-0.2, -0.15) is 4.68 Å². The van der Waals surface area contributed by atoms with E-state index in [1.807, 2.05) is 30.3 Å². The number of para-hydroxylation sites is 1. The number of benzene rings is 1. The van der Waals surface area contributed by atoms with Crippen molar-refractivity contribution in [3.05, 3.63) is 38.7 Å². The number of amides is 1. The van der Waals surface area contributed by atoms with Crippen molar-refractivity contribution in [3.63, 3.8) is 0 Å². The highest BCUT2D eigenvalue weighted by Crippen LogP contribution is 2.35. The fraction of sp³-hybridized carbons (Fsp3) is 0.316. The lowest BCUT2D eigenvalue weighted by Gasteiger charge is -2.21. The molecular weight excluding hydrogens is 366 g/mol. The Hall–Kier alpha value is -2.25. The number of thiazole rings is 1. The Bertz CT molecular complexity index is 965. The topological polar surface area (TPSA) is 66.6 Å². The average Bonchev–Trinajstić information content (AvgIpc) is 3.19. The predicted octanol–water partition coefficient (Wildman–Crippen LogP) is 4.89. The zero-order valence-corrected chi connectivity index (χ0v) is 15.8. The highest BCUT2D eigenvalue weighted by Gasteiger charge is 2.23. The third-order valence-corrected chi connectivity index (χ3v) is 6.16. The van der Waals surface area contributed by atoms with Crippen LogP contribution in [0.4, 0.5) is 5.69 Å². The van der Waals surface area contributed by atoms with Crippen LogP contribution in [0.3, 0.4) is 0 Å². The number of nitrogens with zero attached hydrogens (tertiary/aromatic N) is 2. The summed E-state index contributed by atoms with van der Waals surface area (Å²) in [5.74, 6) is -0.101. The van der Waals surface area contributed by atoms with Gasteiger partial charge >= 0.3 is 0 Å². The average molecular weight is 386 g/mol. The first-order chi connectivity index (χ1) is 12.6. The first kappa shape index (κ1) is 17.2. The van der Waals surface area contributed by atoms with Crippen LogP contribution in [0, 0.1) is 9.87 Å². The lowest BCUT2D eigenvalue weighted by Crippen LogP contribution is -2.30. The highest BCUT2D eigenvalue weighted by atomic mass is 32.1. The molecule has 1 aromatic heterocycles. The Morgan fingerprint density at radius 3 is 2.88 bits per heavy atom. The standard InChI is InChI=1S/C19H19N3O2S2/c23-17(12-6-2-1-3-7-12)21-22-18(24)16(26-19(22)25)10-13-11-20-15-9-5-4-8-14(13)15/h4-5,8-12,24H,1-3,6-7H2,(H,21,23)/b13-10+. The van der Waals surface area contributed by atoms with Gasteiger partial charge in [-0.15, -0.1) is 0 Å². The maximum absolute atomic E-state index is 12.5. The van der Waals surface area contributed by atoms with Gasteiger partial charge in [0.2, 0.25) is 11.8 Å². The zero-order valence-electron chi connectivity index (χ0n) is 14.1. The number of rotatable bonds is 3. The van der Waals surface area contributed by atoms with Crippen molar-refractivity contribution in [3.8, 4) is 5.88 Å². The second-order valence-electron chi connectivity index (χ2n) is 6.58. The third kappa shape index (κ3) is 3.24. The maximum Gasteiger partial charge on any atom is 0.242 e. The zero-order chi connectivity index (χ0) is 18.1. The van der Waals surface area contributed by atoms with Crippen LogP contribution in [0.5, 0.6) is 5.88 Å². The second-order valence-corrected chi connectivity index (χ2v) is 8.25. The van der Waals surface area contributed by atoms with Gasteiger partial charge in [-0.25, -0.2) is 0 Å². The molecule has 0 radical (unpaired) electrons. The van der Waals surface area contributed by atoms with E-state index in [9.17, 15) is 9.90 Å². The molecule has 0 bridgehead atoms. The summed E-state index contributed by atoms with van der Waals surface area (Å²) in [6, 6.07) is 7.84. The molecule has 0 spiro atoms. The number of aromatic nitrogens is 1. The van der Waals surface area contributed by atoms with E-state index in [0.717, 1.165) is 42.5 Å². The van der Waals surface area contributed by atoms with E-state index in [1.165, 1.54) is 22.4 Å². The summed E-state index contributed by atoms with van der Waals surface area (Å²) in [7, 11) is 0. The predicted molar refractivity (Wildman–Crippen MR) is 108 cm³/mol. The number of fused-ring (bicyclic) bond motifs is 1. The van der Waals surface area contributed by atoms with Crippen LogP contribution in [-0.2, 0) is 4.79 Å². The quantitative estimate of drug-likeness (QED) is 0.739. The van der Waals surface area contributed by atoms with Gasteiger partial charge < -0.3 is 5.11 Å². The molecular formula is C19H19N3O2S2. The number of hydrogen-bond acceptors (Lipinski definition) is 5. The minimum atomic E-state index is -0.0686. The first-order valence-electron chi connectivity index (χ1n) is 8.74. The van der Waals surface area contributed by atoms with Crippen LogP contribution in [0.25, 0.3) is 11.6 Å². The molecule has 0 saturated heterocycles. The smallest absolute Gasteiger partial charge is 0.242 e. The molecule has 2 N–H and O–H groups in total. The molecule has 26 heavy (non-hydrogen) atoms. The summed E-state index contributed by atoms with van der Waals surface area (Å²) in [6.07, 6.45) is 8.77. The number of hydrogen-bond donors (Lipinski definition) is 2. The first-order valence-corrected chi connectivity index (χ1v) is 9.97. The van der Waals surface area contributed by atoms with Gasteiger partial charge in [0.05, 0.1) is 10.6 Å². The molecule has 1 amide bonds. The van der Waals surface area contributed by atoms with E-state index >= 15 is 0 Å². The van der Waals surface area contributed by atoms with Crippen LogP contribution in [-0.4, -0.2) is 21.9 Å². The molecule has 5 nitrogen and oxygen atoms in total. The van der Waals surface area contributed by atoms with Crippen molar-refractivity contribution in [2.24, 2.45) is 10.9 Å². The van der Waals surface area contributed by atoms with Crippen molar-refractivity contribution in [1.29, 1.82) is 0 Å². The van der Waals surface area contributed by atoms with E-state index in [0.29, 0.717) is 8.83 Å². The Morgan fingerprint density at radius 1 is 1.31 bits per heavy atom. The molecule has 1 aromatic carbocycles. The van der Waals surface area contributed by atoms with Crippen LogP contribution in [0.1, 0.15) is 42.5 Å². The third-order valence-electron chi connectivity index (χ3n) is 4.85. The van der Waals surface area contributed by atoms with E-state index in [4.69, 9.17) is 12.2 Å². The van der Waals surface area contributed by atoms with E-state index in [-0.39, 0.29) is 17.7 Å². The summed E-state index contributed by atoms with van der Waals surface area (Å²) in [4.78, 5) is 17.4. The Morgan fingerprint density at radius 2 is 2.08 bits per heavy atom. The van der Waals surface area contributed by atoms with Gasteiger partial charge in [0, 0.05) is 23.3 Å². The Balaban J connectivity index is 1.60. The Kier molecular flexibility index (Phi) is 4.74. The van der Waals surface area contributed by atoms with E-state index < -0.39 is 0 Å². The maximum atomic E-state index is 12.5. The van der Waals surface area contributed by atoms with Gasteiger partial charge in [-0.3, -0.25) is 15.2 Å². The minimum absolute atomic E-state index is 0.000553. The largest absolute Gasteiger partial charge is 0.492 e. The van der Waals surface area contributed by atoms with Gasteiger partial charge in [-0.05, 0) is 37.2 Å². The van der Waals surface area contributed by atoms with Gasteiger partial charge in [0.1, 0.15) is 0 Å². The molecule has 0 atom stereocenters. The molecule has 7 heteroatoms. The SMILES string of the molecule is O=C(Nn1c(O)c(/C=C2\C=Nc3ccccc32)sc1=S)C1CCCCC1. The molecule has 1 saturated carbocycles. The molecule has 2 aromatic rings.